The van der Waals surface area contributed by atoms with Crippen molar-refractivity contribution in [1.29, 1.82) is 0 Å². The molecule has 0 bridgehead atoms. The third-order valence-corrected chi connectivity index (χ3v) is 2.20. The number of hydrogen-bond donors (Lipinski definition) is 2. The monoisotopic (exact) mass is 275 g/mol. The molecular formula is C11H12F3N3O2. The van der Waals surface area contributed by atoms with E-state index in [0.717, 1.165) is 6.20 Å². The van der Waals surface area contributed by atoms with Gasteiger partial charge >= 0.3 is 6.18 Å². The van der Waals surface area contributed by atoms with E-state index in [1.54, 1.807) is 0 Å². The van der Waals surface area contributed by atoms with Gasteiger partial charge in [-0.3, -0.25) is 14.6 Å². The Morgan fingerprint density at radius 1 is 1.32 bits per heavy atom. The van der Waals surface area contributed by atoms with Crippen LogP contribution in [0.1, 0.15) is 33.7 Å². The Hall–Kier alpha value is -2.12. The van der Waals surface area contributed by atoms with Crippen molar-refractivity contribution in [2.24, 2.45) is 5.73 Å². The summed E-state index contributed by atoms with van der Waals surface area (Å²) in [7, 11) is 0. The summed E-state index contributed by atoms with van der Waals surface area (Å²) in [5.41, 5.74) is 5.15. The minimum absolute atomic E-state index is 0.0111. The molecule has 0 saturated carbocycles. The lowest BCUT2D eigenvalue weighted by molar-refractivity contribution is -0.135. The average molecular weight is 275 g/mol. The van der Waals surface area contributed by atoms with E-state index in [0.29, 0.717) is 0 Å². The lowest BCUT2D eigenvalue weighted by Gasteiger charge is -2.07. The van der Waals surface area contributed by atoms with Crippen LogP contribution in [0.3, 0.4) is 0 Å². The number of amides is 2. The maximum atomic E-state index is 11.9. The molecule has 1 aromatic rings. The van der Waals surface area contributed by atoms with Gasteiger partial charge in [0.25, 0.3) is 5.91 Å². The fourth-order valence-electron chi connectivity index (χ4n) is 1.26. The van der Waals surface area contributed by atoms with Crippen molar-refractivity contribution in [1.82, 2.24) is 10.3 Å². The van der Waals surface area contributed by atoms with Gasteiger partial charge in [-0.05, 0) is 18.6 Å². The maximum Gasteiger partial charge on any atom is 0.389 e. The number of pyridine rings is 1. The van der Waals surface area contributed by atoms with E-state index in [1.807, 2.05) is 0 Å². The van der Waals surface area contributed by atoms with Gasteiger partial charge in [0.15, 0.2) is 0 Å². The van der Waals surface area contributed by atoms with Crippen LogP contribution in [-0.4, -0.2) is 29.5 Å². The van der Waals surface area contributed by atoms with Crippen molar-refractivity contribution in [2.45, 2.75) is 19.0 Å². The zero-order chi connectivity index (χ0) is 14.5. The Bertz CT molecular complexity index is 457. The molecule has 0 spiro atoms. The molecule has 0 atom stereocenters. The fourth-order valence-corrected chi connectivity index (χ4v) is 1.26. The lowest BCUT2D eigenvalue weighted by atomic mass is 10.2. The molecule has 0 aliphatic heterocycles. The SMILES string of the molecule is NC(=O)c1ccc(C(=O)NCCCC(F)(F)F)nc1. The molecule has 19 heavy (non-hydrogen) atoms. The summed E-state index contributed by atoms with van der Waals surface area (Å²) in [4.78, 5) is 25.9. The van der Waals surface area contributed by atoms with Crippen LogP contribution >= 0.6 is 0 Å². The van der Waals surface area contributed by atoms with Crippen LogP contribution in [0.5, 0.6) is 0 Å². The van der Waals surface area contributed by atoms with Crippen molar-refractivity contribution < 1.29 is 22.8 Å². The zero-order valence-corrected chi connectivity index (χ0v) is 9.83. The lowest BCUT2D eigenvalue weighted by Crippen LogP contribution is -2.26. The molecule has 0 aliphatic rings. The normalized spacial score (nSPS) is 11.1. The zero-order valence-electron chi connectivity index (χ0n) is 9.83. The fraction of sp³-hybridized carbons (Fsp3) is 0.364. The van der Waals surface area contributed by atoms with Crippen LogP contribution in [0.2, 0.25) is 0 Å². The third-order valence-electron chi connectivity index (χ3n) is 2.20. The van der Waals surface area contributed by atoms with Gasteiger partial charge in [-0.2, -0.15) is 13.2 Å². The first-order valence-corrected chi connectivity index (χ1v) is 5.40. The number of halogens is 3. The third kappa shape index (κ3) is 5.36. The number of hydrogen-bond acceptors (Lipinski definition) is 3. The van der Waals surface area contributed by atoms with E-state index < -0.39 is 24.4 Å². The van der Waals surface area contributed by atoms with Crippen LogP contribution < -0.4 is 11.1 Å². The molecule has 5 nitrogen and oxygen atoms in total. The summed E-state index contributed by atoms with van der Waals surface area (Å²) in [6.07, 6.45) is -4.25. The van der Waals surface area contributed by atoms with Crippen LogP contribution in [0.25, 0.3) is 0 Å². The number of nitrogens with two attached hydrogens (primary N) is 1. The second-order valence-electron chi connectivity index (χ2n) is 3.77. The minimum Gasteiger partial charge on any atom is -0.366 e. The number of carbonyl (C=O) groups excluding carboxylic acids is 2. The molecule has 0 radical (unpaired) electrons. The highest BCUT2D eigenvalue weighted by atomic mass is 19.4. The smallest absolute Gasteiger partial charge is 0.366 e. The number of alkyl halides is 3. The van der Waals surface area contributed by atoms with Gasteiger partial charge in [0.1, 0.15) is 5.69 Å². The Kier molecular flexibility index (Phi) is 4.85. The van der Waals surface area contributed by atoms with Gasteiger partial charge in [-0.1, -0.05) is 0 Å². The number of nitrogens with one attached hydrogen (secondary N) is 1. The Morgan fingerprint density at radius 2 is 2.00 bits per heavy atom. The van der Waals surface area contributed by atoms with Crippen molar-refractivity contribution in [3.8, 4) is 0 Å². The Morgan fingerprint density at radius 3 is 2.47 bits per heavy atom. The number of carbonyl (C=O) groups is 2. The van der Waals surface area contributed by atoms with E-state index >= 15 is 0 Å². The summed E-state index contributed by atoms with van der Waals surface area (Å²) >= 11 is 0. The highest BCUT2D eigenvalue weighted by Crippen LogP contribution is 2.20. The number of nitrogens with zero attached hydrogens (tertiary/aromatic N) is 1. The topological polar surface area (TPSA) is 85.1 Å². The molecule has 1 aromatic heterocycles. The Labute approximate surface area is 107 Å². The molecule has 0 aliphatic carbocycles. The molecule has 3 N–H and O–H groups in total. The summed E-state index contributed by atoms with van der Waals surface area (Å²) < 4.78 is 35.6. The number of aromatic nitrogens is 1. The van der Waals surface area contributed by atoms with E-state index in [9.17, 15) is 22.8 Å². The van der Waals surface area contributed by atoms with Crippen molar-refractivity contribution in [3.05, 3.63) is 29.6 Å². The van der Waals surface area contributed by atoms with E-state index in [1.165, 1.54) is 12.1 Å². The standard InChI is InChI=1S/C11H12F3N3O2/c12-11(13,14)4-1-5-16-10(19)8-3-2-7(6-17-8)9(15)18/h2-3,6H,1,4-5H2,(H2,15,18)(H,16,19). The second-order valence-corrected chi connectivity index (χ2v) is 3.77. The van der Waals surface area contributed by atoms with Gasteiger partial charge in [-0.15, -0.1) is 0 Å². The highest BCUT2D eigenvalue weighted by Gasteiger charge is 2.26. The van der Waals surface area contributed by atoms with Crippen LogP contribution in [0.15, 0.2) is 18.3 Å². The first-order chi connectivity index (χ1) is 8.79. The summed E-state index contributed by atoms with van der Waals surface area (Å²) in [6.45, 7) is -0.0996. The van der Waals surface area contributed by atoms with Crippen LogP contribution in [-0.2, 0) is 0 Å². The van der Waals surface area contributed by atoms with Crippen molar-refractivity contribution in [3.63, 3.8) is 0 Å². The van der Waals surface area contributed by atoms with E-state index in [4.69, 9.17) is 5.73 Å². The van der Waals surface area contributed by atoms with Gasteiger partial charge in [0.2, 0.25) is 5.91 Å². The van der Waals surface area contributed by atoms with Crippen LogP contribution in [0, 0.1) is 0 Å². The molecule has 8 heteroatoms. The molecule has 104 valence electrons. The van der Waals surface area contributed by atoms with Gasteiger partial charge in [0, 0.05) is 19.2 Å². The molecule has 0 aromatic carbocycles. The summed E-state index contributed by atoms with van der Waals surface area (Å²) in [6, 6.07) is 2.60. The summed E-state index contributed by atoms with van der Waals surface area (Å²) in [5.74, 6) is -1.28. The highest BCUT2D eigenvalue weighted by molar-refractivity contribution is 5.95. The first-order valence-electron chi connectivity index (χ1n) is 5.40. The van der Waals surface area contributed by atoms with Gasteiger partial charge in [0.05, 0.1) is 5.56 Å². The number of primary amides is 1. The number of rotatable bonds is 5. The van der Waals surface area contributed by atoms with Crippen molar-refractivity contribution >= 4 is 11.8 Å². The predicted octanol–water partition coefficient (Wildman–Crippen LogP) is 1.25. The first kappa shape index (κ1) is 14.9. The molecule has 1 rings (SSSR count). The molecular weight excluding hydrogens is 263 g/mol. The van der Waals surface area contributed by atoms with Gasteiger partial charge < -0.3 is 11.1 Å². The molecule has 0 saturated heterocycles. The second kappa shape index (κ2) is 6.17. The summed E-state index contributed by atoms with van der Waals surface area (Å²) in [5, 5.41) is 2.30. The van der Waals surface area contributed by atoms with Crippen molar-refractivity contribution in [2.75, 3.05) is 6.54 Å². The largest absolute Gasteiger partial charge is 0.389 e. The molecule has 1 heterocycles. The quantitative estimate of drug-likeness (QED) is 0.793. The molecule has 2 amide bonds. The maximum absolute atomic E-state index is 11.9. The van der Waals surface area contributed by atoms with E-state index in [-0.39, 0.29) is 24.2 Å². The minimum atomic E-state index is -4.23. The molecule has 0 unspecified atom stereocenters. The van der Waals surface area contributed by atoms with Gasteiger partial charge in [-0.25, -0.2) is 0 Å². The predicted molar refractivity (Wildman–Crippen MR) is 60.4 cm³/mol. The van der Waals surface area contributed by atoms with Crippen LogP contribution in [0.4, 0.5) is 13.2 Å². The molecule has 0 fully saturated rings. The van der Waals surface area contributed by atoms with E-state index in [2.05, 4.69) is 10.3 Å². The average Bonchev–Trinajstić information content (AvgIpc) is 2.33. The Balaban J connectivity index is 2.43.